The molecule has 140 valence electrons. The van der Waals surface area contributed by atoms with Crippen LogP contribution in [-0.2, 0) is 12.6 Å². The van der Waals surface area contributed by atoms with Crippen molar-refractivity contribution >= 4 is 16.5 Å². The molecule has 3 aromatic rings. The van der Waals surface area contributed by atoms with Crippen molar-refractivity contribution < 1.29 is 13.2 Å². The van der Waals surface area contributed by atoms with E-state index in [0.29, 0.717) is 5.56 Å². The largest absolute Gasteiger partial charge is 0.416 e. The number of aromatic nitrogens is 1. The lowest BCUT2D eigenvalue weighted by molar-refractivity contribution is -0.137. The van der Waals surface area contributed by atoms with Crippen LogP contribution in [0.3, 0.4) is 0 Å². The van der Waals surface area contributed by atoms with Crippen molar-refractivity contribution in [2.45, 2.75) is 19.0 Å². The maximum atomic E-state index is 12.9. The van der Waals surface area contributed by atoms with Crippen LogP contribution in [0.15, 0.2) is 60.8 Å². The van der Waals surface area contributed by atoms with Gasteiger partial charge in [0.2, 0.25) is 0 Å². The van der Waals surface area contributed by atoms with Gasteiger partial charge in [-0.25, -0.2) is 0 Å². The number of alkyl halides is 3. The molecule has 2 nitrogen and oxygen atoms in total. The normalized spacial score (nSPS) is 15.9. The Morgan fingerprint density at radius 1 is 1.04 bits per heavy atom. The van der Waals surface area contributed by atoms with E-state index in [1.165, 1.54) is 23.1 Å². The highest BCUT2D eigenvalue weighted by Crippen LogP contribution is 2.32. The lowest BCUT2D eigenvalue weighted by Crippen LogP contribution is -2.30. The number of H-pyrrole nitrogens is 1. The molecule has 1 aliphatic rings. The Labute approximate surface area is 156 Å². The smallest absolute Gasteiger partial charge is 0.361 e. The lowest BCUT2D eigenvalue weighted by atomic mass is 9.97. The Morgan fingerprint density at radius 3 is 2.67 bits per heavy atom. The molecule has 1 aromatic heterocycles. The molecular weight excluding hydrogens is 349 g/mol. The van der Waals surface area contributed by atoms with Crippen LogP contribution in [0.1, 0.15) is 23.1 Å². The third-order valence-electron chi connectivity index (χ3n) is 5.24. The highest BCUT2D eigenvalue weighted by atomic mass is 19.4. The van der Waals surface area contributed by atoms with Crippen LogP contribution in [0.5, 0.6) is 0 Å². The van der Waals surface area contributed by atoms with Crippen molar-refractivity contribution in [2.75, 3.05) is 19.6 Å². The topological polar surface area (TPSA) is 19.0 Å². The second-order valence-corrected chi connectivity index (χ2v) is 6.96. The first-order valence-corrected chi connectivity index (χ1v) is 9.15. The molecule has 2 heterocycles. The first-order chi connectivity index (χ1) is 13.0. The standard InChI is InChI=1S/C22H21F3N2/c23-22(24,25)19-5-1-4-18(15-19)16-8-12-27(13-9-16)14-10-17-3-2-6-21-20(17)7-11-26-21/h1-8,11,15,26H,9-10,12-14H2. The molecule has 27 heavy (non-hydrogen) atoms. The Bertz CT molecular complexity index is 969. The SMILES string of the molecule is FC(F)(F)c1cccc(C2=CCN(CCc3cccc4[nH]ccc34)CC2)c1. The van der Waals surface area contributed by atoms with Crippen LogP contribution in [0.2, 0.25) is 0 Å². The third-order valence-corrected chi connectivity index (χ3v) is 5.24. The fourth-order valence-electron chi connectivity index (χ4n) is 3.72. The van der Waals surface area contributed by atoms with Crippen LogP contribution in [0.4, 0.5) is 13.2 Å². The number of nitrogens with one attached hydrogen (secondary N) is 1. The molecule has 0 saturated heterocycles. The van der Waals surface area contributed by atoms with E-state index in [2.05, 4.69) is 40.2 Å². The summed E-state index contributed by atoms with van der Waals surface area (Å²) in [6, 6.07) is 14.0. The zero-order valence-electron chi connectivity index (χ0n) is 14.9. The van der Waals surface area contributed by atoms with Crippen LogP contribution in [0.25, 0.3) is 16.5 Å². The molecule has 1 aliphatic heterocycles. The van der Waals surface area contributed by atoms with E-state index >= 15 is 0 Å². The summed E-state index contributed by atoms with van der Waals surface area (Å²) in [4.78, 5) is 5.58. The van der Waals surface area contributed by atoms with Gasteiger partial charge in [-0.05, 0) is 53.8 Å². The van der Waals surface area contributed by atoms with E-state index in [0.717, 1.165) is 49.6 Å². The number of nitrogens with zero attached hydrogens (tertiary/aromatic N) is 1. The molecule has 2 aromatic carbocycles. The molecule has 0 fully saturated rings. The summed E-state index contributed by atoms with van der Waals surface area (Å²) in [6.07, 6.45) is 1.46. The number of aromatic amines is 1. The summed E-state index contributed by atoms with van der Waals surface area (Å²) >= 11 is 0. The van der Waals surface area contributed by atoms with Crippen molar-refractivity contribution in [3.8, 4) is 0 Å². The van der Waals surface area contributed by atoms with Crippen LogP contribution in [-0.4, -0.2) is 29.5 Å². The van der Waals surface area contributed by atoms with Gasteiger partial charge in [0, 0.05) is 36.7 Å². The summed E-state index contributed by atoms with van der Waals surface area (Å²) in [5.74, 6) is 0. The van der Waals surface area contributed by atoms with E-state index < -0.39 is 11.7 Å². The first-order valence-electron chi connectivity index (χ1n) is 9.15. The minimum atomic E-state index is -4.30. The van der Waals surface area contributed by atoms with E-state index in [4.69, 9.17) is 0 Å². The van der Waals surface area contributed by atoms with Gasteiger partial charge >= 0.3 is 6.18 Å². The van der Waals surface area contributed by atoms with E-state index in [-0.39, 0.29) is 0 Å². The predicted octanol–water partition coefficient (Wildman–Crippen LogP) is 5.52. The quantitative estimate of drug-likeness (QED) is 0.641. The average molecular weight is 370 g/mol. The Morgan fingerprint density at radius 2 is 1.89 bits per heavy atom. The summed E-state index contributed by atoms with van der Waals surface area (Å²) in [6.45, 7) is 2.58. The van der Waals surface area contributed by atoms with E-state index in [1.54, 1.807) is 6.07 Å². The van der Waals surface area contributed by atoms with Crippen LogP contribution < -0.4 is 0 Å². The van der Waals surface area contributed by atoms with Crippen molar-refractivity contribution in [1.82, 2.24) is 9.88 Å². The Hall–Kier alpha value is -2.53. The lowest BCUT2D eigenvalue weighted by Gasteiger charge is -2.26. The van der Waals surface area contributed by atoms with Gasteiger partial charge in [0.05, 0.1) is 5.56 Å². The second kappa shape index (κ2) is 7.24. The van der Waals surface area contributed by atoms with Crippen LogP contribution >= 0.6 is 0 Å². The minimum absolute atomic E-state index is 0.581. The number of rotatable bonds is 4. The van der Waals surface area contributed by atoms with Gasteiger partial charge in [-0.3, -0.25) is 4.90 Å². The van der Waals surface area contributed by atoms with E-state index in [9.17, 15) is 13.2 Å². The van der Waals surface area contributed by atoms with Gasteiger partial charge in [-0.1, -0.05) is 30.3 Å². The highest BCUT2D eigenvalue weighted by molar-refractivity contribution is 5.82. The molecule has 1 N–H and O–H groups in total. The molecular formula is C22H21F3N2. The summed E-state index contributed by atoms with van der Waals surface area (Å²) < 4.78 is 38.7. The van der Waals surface area contributed by atoms with Gasteiger partial charge in [0.25, 0.3) is 0 Å². The van der Waals surface area contributed by atoms with Crippen molar-refractivity contribution in [2.24, 2.45) is 0 Å². The monoisotopic (exact) mass is 370 g/mol. The fraction of sp³-hybridized carbons (Fsp3) is 0.273. The van der Waals surface area contributed by atoms with Gasteiger partial charge in [-0.2, -0.15) is 13.2 Å². The maximum Gasteiger partial charge on any atom is 0.416 e. The molecule has 5 heteroatoms. The number of hydrogen-bond acceptors (Lipinski definition) is 1. The first kappa shape index (κ1) is 17.9. The molecule has 0 spiro atoms. The summed E-state index contributed by atoms with van der Waals surface area (Å²) in [5, 5.41) is 1.26. The number of halogens is 3. The Balaban J connectivity index is 1.41. The molecule has 0 aliphatic carbocycles. The van der Waals surface area contributed by atoms with Gasteiger partial charge < -0.3 is 4.98 Å². The molecule has 0 amide bonds. The van der Waals surface area contributed by atoms with Crippen molar-refractivity contribution in [3.05, 3.63) is 77.5 Å². The van der Waals surface area contributed by atoms with Crippen molar-refractivity contribution in [3.63, 3.8) is 0 Å². The summed E-state index contributed by atoms with van der Waals surface area (Å²) in [7, 11) is 0. The number of benzene rings is 2. The minimum Gasteiger partial charge on any atom is -0.361 e. The fourth-order valence-corrected chi connectivity index (χ4v) is 3.72. The second-order valence-electron chi connectivity index (χ2n) is 6.96. The average Bonchev–Trinajstić information content (AvgIpc) is 3.16. The highest BCUT2D eigenvalue weighted by Gasteiger charge is 2.30. The van der Waals surface area contributed by atoms with Gasteiger partial charge in [-0.15, -0.1) is 0 Å². The molecule has 0 unspecified atom stereocenters. The number of hydrogen-bond donors (Lipinski definition) is 1. The van der Waals surface area contributed by atoms with Gasteiger partial charge in [0.15, 0.2) is 0 Å². The number of fused-ring (bicyclic) bond motifs is 1. The third kappa shape index (κ3) is 3.93. The zero-order chi connectivity index (χ0) is 18.9. The molecule has 4 rings (SSSR count). The Kier molecular flexibility index (Phi) is 4.79. The molecule has 0 bridgehead atoms. The van der Waals surface area contributed by atoms with Crippen molar-refractivity contribution in [1.29, 1.82) is 0 Å². The predicted molar refractivity (Wildman–Crippen MR) is 102 cm³/mol. The van der Waals surface area contributed by atoms with Gasteiger partial charge in [0.1, 0.15) is 0 Å². The van der Waals surface area contributed by atoms with Crippen LogP contribution in [0, 0.1) is 0 Å². The summed E-state index contributed by atoms with van der Waals surface area (Å²) in [5.41, 5.74) is 3.58. The molecule has 0 atom stereocenters. The molecule has 0 radical (unpaired) electrons. The zero-order valence-corrected chi connectivity index (χ0v) is 14.9. The van der Waals surface area contributed by atoms with E-state index in [1.807, 2.05) is 6.20 Å². The molecule has 0 saturated carbocycles. The maximum absolute atomic E-state index is 12.9.